The highest BCUT2D eigenvalue weighted by Crippen LogP contribution is 2.48. The predicted octanol–water partition coefficient (Wildman–Crippen LogP) is 11.9. The molecule has 1 N–H and O–H groups in total. The van der Waals surface area contributed by atoms with Gasteiger partial charge < -0.3 is 5.32 Å². The number of anilines is 1. The number of benzene rings is 6. The Morgan fingerprint density at radius 3 is 1.85 bits per heavy atom. The van der Waals surface area contributed by atoms with Crippen LogP contribution in [0.3, 0.4) is 0 Å². The van der Waals surface area contributed by atoms with Gasteiger partial charge in [0.25, 0.3) is 0 Å². The Labute approximate surface area is 280 Å². The van der Waals surface area contributed by atoms with Gasteiger partial charge in [-0.25, -0.2) is 9.97 Å². The molecule has 0 amide bonds. The standard InChI is InChI=1S/C43H35N3S/c1-43(2,3)42-46-36-25-23-31(26-39(36)47-42)33-24-22-28-14-10-11-19-32(28)40(33)34-20-12-13-21-35(34)41-44-37(29-15-6-4-7-16-29)27-38(45-41)30-17-8-5-9-18-30/h4-27,42,46H,1-3H3. The second-order valence-corrected chi connectivity index (χ2v) is 14.3. The van der Waals surface area contributed by atoms with Gasteiger partial charge in [0.15, 0.2) is 5.82 Å². The average Bonchev–Trinajstić information content (AvgIpc) is 3.56. The molecule has 1 aliphatic heterocycles. The molecule has 0 aliphatic carbocycles. The number of hydrogen-bond donors (Lipinski definition) is 1. The van der Waals surface area contributed by atoms with E-state index in [0.717, 1.165) is 33.6 Å². The van der Waals surface area contributed by atoms with Crippen LogP contribution in [-0.2, 0) is 0 Å². The smallest absolute Gasteiger partial charge is 0.161 e. The number of nitrogens with one attached hydrogen (secondary N) is 1. The quantitative estimate of drug-likeness (QED) is 0.206. The zero-order valence-electron chi connectivity index (χ0n) is 26.7. The van der Waals surface area contributed by atoms with Gasteiger partial charge in [0.2, 0.25) is 0 Å². The van der Waals surface area contributed by atoms with E-state index in [4.69, 9.17) is 9.97 Å². The molecule has 2 heterocycles. The Morgan fingerprint density at radius 2 is 1.17 bits per heavy atom. The molecule has 4 heteroatoms. The lowest BCUT2D eigenvalue weighted by Gasteiger charge is -2.26. The fraction of sp³-hybridized carbons (Fsp3) is 0.116. The molecule has 47 heavy (non-hydrogen) atoms. The highest BCUT2D eigenvalue weighted by atomic mass is 32.2. The third kappa shape index (κ3) is 5.60. The van der Waals surface area contributed by atoms with Crippen molar-refractivity contribution in [3.63, 3.8) is 0 Å². The molecule has 1 aliphatic rings. The van der Waals surface area contributed by atoms with Gasteiger partial charge in [-0.15, -0.1) is 0 Å². The molecule has 1 aromatic heterocycles. The summed E-state index contributed by atoms with van der Waals surface area (Å²) in [6.45, 7) is 6.88. The molecule has 0 spiro atoms. The summed E-state index contributed by atoms with van der Waals surface area (Å²) >= 11 is 1.93. The van der Waals surface area contributed by atoms with Crippen molar-refractivity contribution in [2.75, 3.05) is 5.32 Å². The molecule has 6 aromatic carbocycles. The van der Waals surface area contributed by atoms with Crippen LogP contribution in [0.25, 0.3) is 66.9 Å². The topological polar surface area (TPSA) is 37.8 Å². The van der Waals surface area contributed by atoms with Gasteiger partial charge in [0, 0.05) is 27.3 Å². The molecule has 0 radical (unpaired) electrons. The first-order chi connectivity index (χ1) is 22.9. The van der Waals surface area contributed by atoms with Crippen molar-refractivity contribution in [1.29, 1.82) is 0 Å². The van der Waals surface area contributed by atoms with Gasteiger partial charge in [-0.05, 0) is 56.6 Å². The Morgan fingerprint density at radius 1 is 0.553 bits per heavy atom. The van der Waals surface area contributed by atoms with Crippen molar-refractivity contribution in [1.82, 2.24) is 9.97 Å². The van der Waals surface area contributed by atoms with E-state index in [1.807, 2.05) is 23.9 Å². The summed E-state index contributed by atoms with van der Waals surface area (Å²) in [5.74, 6) is 0.710. The van der Waals surface area contributed by atoms with Crippen molar-refractivity contribution in [3.8, 4) is 56.2 Å². The van der Waals surface area contributed by atoms with Crippen LogP contribution in [0.1, 0.15) is 20.8 Å². The zero-order valence-corrected chi connectivity index (χ0v) is 27.6. The van der Waals surface area contributed by atoms with Crippen molar-refractivity contribution in [3.05, 3.63) is 146 Å². The first kappa shape index (κ1) is 29.2. The molecule has 1 atom stereocenters. The number of aromatic nitrogens is 2. The lowest BCUT2D eigenvalue weighted by molar-refractivity contribution is 0.419. The Balaban J connectivity index is 1.34. The van der Waals surface area contributed by atoms with Crippen molar-refractivity contribution in [2.24, 2.45) is 5.41 Å². The van der Waals surface area contributed by atoms with Gasteiger partial charge in [-0.2, -0.15) is 0 Å². The van der Waals surface area contributed by atoms with Crippen LogP contribution in [0.4, 0.5) is 5.69 Å². The van der Waals surface area contributed by atoms with E-state index in [0.29, 0.717) is 11.2 Å². The largest absolute Gasteiger partial charge is 0.372 e. The Bertz CT molecular complexity index is 2180. The normalized spacial score (nSPS) is 14.1. The first-order valence-electron chi connectivity index (χ1n) is 16.1. The average molecular weight is 626 g/mol. The fourth-order valence-corrected chi connectivity index (χ4v) is 7.62. The number of fused-ring (bicyclic) bond motifs is 2. The second kappa shape index (κ2) is 11.9. The molecular weight excluding hydrogens is 591 g/mol. The highest BCUT2D eigenvalue weighted by molar-refractivity contribution is 8.00. The van der Waals surface area contributed by atoms with Crippen molar-refractivity contribution < 1.29 is 0 Å². The van der Waals surface area contributed by atoms with Gasteiger partial charge in [-0.1, -0.05) is 160 Å². The molecular formula is C43H35N3S. The number of nitrogens with zero attached hydrogens (tertiary/aromatic N) is 2. The SMILES string of the molecule is CC(C)(C)C1Nc2ccc(-c3ccc4ccccc4c3-c3ccccc3-c3nc(-c4ccccc4)cc(-c4ccccc4)n3)cc2S1. The molecule has 0 bridgehead atoms. The summed E-state index contributed by atoms with van der Waals surface area (Å²) in [7, 11) is 0. The first-order valence-corrected chi connectivity index (χ1v) is 17.0. The summed E-state index contributed by atoms with van der Waals surface area (Å²) in [5.41, 5.74) is 11.0. The van der Waals surface area contributed by atoms with Gasteiger partial charge >= 0.3 is 0 Å². The number of thioether (sulfide) groups is 1. The van der Waals surface area contributed by atoms with E-state index in [9.17, 15) is 0 Å². The summed E-state index contributed by atoms with van der Waals surface area (Å²) in [6.07, 6.45) is 0. The summed E-state index contributed by atoms with van der Waals surface area (Å²) in [5, 5.41) is 6.49. The third-order valence-electron chi connectivity index (χ3n) is 8.84. The molecule has 3 nitrogen and oxygen atoms in total. The predicted molar refractivity (Wildman–Crippen MR) is 199 cm³/mol. The molecule has 0 saturated carbocycles. The highest BCUT2D eigenvalue weighted by Gasteiger charge is 2.32. The van der Waals surface area contributed by atoms with Crippen LogP contribution in [0.5, 0.6) is 0 Å². The van der Waals surface area contributed by atoms with Crippen LogP contribution >= 0.6 is 11.8 Å². The van der Waals surface area contributed by atoms with Crippen LogP contribution in [0.15, 0.2) is 150 Å². The molecule has 1 unspecified atom stereocenters. The lowest BCUT2D eigenvalue weighted by atomic mass is 9.87. The molecule has 0 saturated heterocycles. The van der Waals surface area contributed by atoms with E-state index < -0.39 is 0 Å². The lowest BCUT2D eigenvalue weighted by Crippen LogP contribution is -2.27. The fourth-order valence-electron chi connectivity index (χ4n) is 6.38. The Kier molecular flexibility index (Phi) is 7.38. The maximum Gasteiger partial charge on any atom is 0.161 e. The number of rotatable bonds is 5. The molecule has 7 aromatic rings. The monoisotopic (exact) mass is 625 g/mol. The number of hydrogen-bond acceptors (Lipinski definition) is 4. The third-order valence-corrected chi connectivity index (χ3v) is 10.5. The van der Waals surface area contributed by atoms with Crippen LogP contribution in [0.2, 0.25) is 0 Å². The minimum atomic E-state index is 0.143. The van der Waals surface area contributed by atoms with E-state index in [1.165, 1.54) is 38.0 Å². The maximum absolute atomic E-state index is 5.22. The van der Waals surface area contributed by atoms with Crippen molar-refractivity contribution >= 4 is 28.2 Å². The summed E-state index contributed by atoms with van der Waals surface area (Å²) in [6, 6.07) is 51.5. The van der Waals surface area contributed by atoms with Crippen molar-refractivity contribution in [2.45, 2.75) is 31.0 Å². The van der Waals surface area contributed by atoms with E-state index in [2.05, 4.69) is 160 Å². The van der Waals surface area contributed by atoms with Gasteiger partial charge in [0.1, 0.15) is 0 Å². The van der Waals surface area contributed by atoms with Gasteiger partial charge in [0.05, 0.1) is 16.8 Å². The maximum atomic E-state index is 5.22. The minimum absolute atomic E-state index is 0.143. The van der Waals surface area contributed by atoms with Crippen LogP contribution in [0, 0.1) is 5.41 Å². The molecule has 228 valence electrons. The van der Waals surface area contributed by atoms with E-state index >= 15 is 0 Å². The minimum Gasteiger partial charge on any atom is -0.372 e. The summed E-state index contributed by atoms with van der Waals surface area (Å²) in [4.78, 5) is 11.7. The molecule has 8 rings (SSSR count). The van der Waals surface area contributed by atoms with E-state index in [-0.39, 0.29) is 5.41 Å². The van der Waals surface area contributed by atoms with Crippen LogP contribution < -0.4 is 5.32 Å². The second-order valence-electron chi connectivity index (χ2n) is 13.2. The molecule has 0 fully saturated rings. The van der Waals surface area contributed by atoms with E-state index in [1.54, 1.807) is 0 Å². The Hall–Kier alpha value is -5.19. The zero-order chi connectivity index (χ0) is 32.0. The van der Waals surface area contributed by atoms with Gasteiger partial charge in [-0.3, -0.25) is 0 Å². The van der Waals surface area contributed by atoms with Crippen LogP contribution in [-0.4, -0.2) is 15.3 Å². The summed E-state index contributed by atoms with van der Waals surface area (Å²) < 4.78 is 0.